The summed E-state index contributed by atoms with van der Waals surface area (Å²) >= 11 is 5.92. The number of halogens is 1. The number of hydrogen-bond donors (Lipinski definition) is 3. The second-order valence-corrected chi connectivity index (χ2v) is 4.91. The first-order valence-electron chi connectivity index (χ1n) is 6.09. The van der Waals surface area contributed by atoms with Crippen LogP contribution >= 0.6 is 11.6 Å². The minimum Gasteiger partial charge on any atom is -0.365 e. The summed E-state index contributed by atoms with van der Waals surface area (Å²) in [7, 11) is 0. The molecule has 1 aliphatic heterocycles. The zero-order valence-corrected chi connectivity index (χ0v) is 10.9. The van der Waals surface area contributed by atoms with Gasteiger partial charge in [0.2, 0.25) is 5.28 Å². The maximum absolute atomic E-state index is 5.92. The molecule has 2 aromatic heterocycles. The third kappa shape index (κ3) is 2.13. The third-order valence-electron chi connectivity index (χ3n) is 3.20. The second kappa shape index (κ2) is 4.70. The Labute approximate surface area is 110 Å². The lowest BCUT2D eigenvalue weighted by Gasteiger charge is -2.24. The number of fused-ring (bicyclic) bond motifs is 1. The second-order valence-electron chi connectivity index (χ2n) is 4.58. The molecule has 0 spiro atoms. The molecule has 0 aromatic carbocycles. The SMILES string of the molecule is Cc1[nH]nc2nc(Cl)nc(NC3CCCNC3)c12. The summed E-state index contributed by atoms with van der Waals surface area (Å²) < 4.78 is 0. The zero-order valence-electron chi connectivity index (χ0n) is 10.1. The van der Waals surface area contributed by atoms with Gasteiger partial charge in [0.1, 0.15) is 5.82 Å². The van der Waals surface area contributed by atoms with Gasteiger partial charge < -0.3 is 10.6 Å². The van der Waals surface area contributed by atoms with Crippen molar-refractivity contribution in [2.45, 2.75) is 25.8 Å². The molecule has 3 rings (SSSR count). The minimum atomic E-state index is 0.222. The highest BCUT2D eigenvalue weighted by Crippen LogP contribution is 2.24. The van der Waals surface area contributed by atoms with E-state index in [0.717, 1.165) is 36.4 Å². The van der Waals surface area contributed by atoms with Crippen molar-refractivity contribution >= 4 is 28.5 Å². The fraction of sp³-hybridized carbons (Fsp3) is 0.545. The van der Waals surface area contributed by atoms with Crippen LogP contribution in [0.15, 0.2) is 0 Å². The van der Waals surface area contributed by atoms with Crippen molar-refractivity contribution in [1.82, 2.24) is 25.5 Å². The predicted octanol–water partition coefficient (Wildman–Crippen LogP) is 1.48. The van der Waals surface area contributed by atoms with Gasteiger partial charge in [-0.05, 0) is 37.9 Å². The van der Waals surface area contributed by atoms with Gasteiger partial charge in [-0.1, -0.05) is 0 Å². The summed E-state index contributed by atoms with van der Waals surface area (Å²) in [6.45, 7) is 3.99. The Morgan fingerprint density at radius 1 is 1.39 bits per heavy atom. The van der Waals surface area contributed by atoms with Gasteiger partial charge in [-0.3, -0.25) is 5.10 Å². The van der Waals surface area contributed by atoms with Crippen molar-refractivity contribution in [3.05, 3.63) is 11.0 Å². The molecule has 0 aliphatic carbocycles. The number of H-pyrrole nitrogens is 1. The first-order chi connectivity index (χ1) is 8.74. The lowest BCUT2D eigenvalue weighted by molar-refractivity contribution is 0.479. The Bertz CT molecular complexity index is 560. The number of hydrogen-bond acceptors (Lipinski definition) is 5. The maximum Gasteiger partial charge on any atom is 0.226 e. The summed E-state index contributed by atoms with van der Waals surface area (Å²) in [6, 6.07) is 0.377. The molecule has 1 unspecified atom stereocenters. The number of aromatic nitrogens is 4. The predicted molar refractivity (Wildman–Crippen MR) is 70.9 cm³/mol. The van der Waals surface area contributed by atoms with Crippen LogP contribution in [0.2, 0.25) is 5.28 Å². The van der Waals surface area contributed by atoms with Crippen LogP contribution in [-0.4, -0.2) is 39.3 Å². The van der Waals surface area contributed by atoms with Crippen LogP contribution in [0, 0.1) is 6.92 Å². The van der Waals surface area contributed by atoms with Gasteiger partial charge in [-0.2, -0.15) is 15.1 Å². The normalized spacial score (nSPS) is 20.2. The minimum absolute atomic E-state index is 0.222. The van der Waals surface area contributed by atoms with E-state index < -0.39 is 0 Å². The molecule has 0 saturated carbocycles. The molecule has 1 saturated heterocycles. The Morgan fingerprint density at radius 3 is 3.06 bits per heavy atom. The average molecular weight is 267 g/mol. The van der Waals surface area contributed by atoms with E-state index in [4.69, 9.17) is 11.6 Å². The number of rotatable bonds is 2. The molecule has 7 heteroatoms. The Morgan fingerprint density at radius 2 is 2.28 bits per heavy atom. The van der Waals surface area contributed by atoms with E-state index in [9.17, 15) is 0 Å². The van der Waals surface area contributed by atoms with E-state index >= 15 is 0 Å². The van der Waals surface area contributed by atoms with Gasteiger partial charge in [-0.25, -0.2) is 0 Å². The molecule has 0 bridgehead atoms. The highest BCUT2D eigenvalue weighted by molar-refractivity contribution is 6.28. The number of aromatic amines is 1. The van der Waals surface area contributed by atoms with E-state index in [1.165, 1.54) is 6.42 Å². The first kappa shape index (κ1) is 11.7. The molecule has 0 amide bonds. The van der Waals surface area contributed by atoms with Crippen molar-refractivity contribution in [1.29, 1.82) is 0 Å². The first-order valence-corrected chi connectivity index (χ1v) is 6.47. The molecular weight excluding hydrogens is 252 g/mol. The van der Waals surface area contributed by atoms with Crippen molar-refractivity contribution in [3.8, 4) is 0 Å². The van der Waals surface area contributed by atoms with E-state index in [1.54, 1.807) is 0 Å². The largest absolute Gasteiger partial charge is 0.365 e. The fourth-order valence-corrected chi connectivity index (χ4v) is 2.48. The summed E-state index contributed by atoms with van der Waals surface area (Å²) in [5.74, 6) is 0.768. The standard InChI is InChI=1S/C11H15ClN6/c1-6-8-9(14-7-3-2-4-13-5-7)15-11(12)16-10(8)18-17-6/h7,13H,2-5H2,1H3,(H2,14,15,16,17,18). The molecule has 1 fully saturated rings. The Balaban J connectivity index is 1.96. The van der Waals surface area contributed by atoms with E-state index in [0.29, 0.717) is 11.7 Å². The molecule has 0 radical (unpaired) electrons. The van der Waals surface area contributed by atoms with Crippen molar-refractivity contribution in [3.63, 3.8) is 0 Å². The summed E-state index contributed by atoms with van der Waals surface area (Å²) in [5, 5.41) is 15.0. The van der Waals surface area contributed by atoms with Crippen LogP contribution in [0.5, 0.6) is 0 Å². The smallest absolute Gasteiger partial charge is 0.226 e. The Kier molecular flexibility index (Phi) is 3.05. The molecule has 3 N–H and O–H groups in total. The van der Waals surface area contributed by atoms with Crippen LogP contribution in [-0.2, 0) is 0 Å². The van der Waals surface area contributed by atoms with Crippen molar-refractivity contribution in [2.75, 3.05) is 18.4 Å². The summed E-state index contributed by atoms with van der Waals surface area (Å²) in [5.41, 5.74) is 1.56. The lowest BCUT2D eigenvalue weighted by Crippen LogP contribution is -2.38. The van der Waals surface area contributed by atoms with Crippen molar-refractivity contribution < 1.29 is 0 Å². The van der Waals surface area contributed by atoms with E-state index in [2.05, 4.69) is 30.8 Å². The quantitative estimate of drug-likeness (QED) is 0.718. The van der Waals surface area contributed by atoms with Gasteiger partial charge in [0.15, 0.2) is 5.65 Å². The molecular formula is C11H15ClN6. The summed E-state index contributed by atoms with van der Waals surface area (Å²) in [6.07, 6.45) is 2.30. The molecule has 1 atom stereocenters. The zero-order chi connectivity index (χ0) is 12.5. The van der Waals surface area contributed by atoms with Gasteiger partial charge >= 0.3 is 0 Å². The number of nitrogens with one attached hydrogen (secondary N) is 3. The number of piperidine rings is 1. The maximum atomic E-state index is 5.92. The van der Waals surface area contributed by atoms with Crippen LogP contribution in [0.1, 0.15) is 18.5 Å². The van der Waals surface area contributed by atoms with Crippen LogP contribution in [0.3, 0.4) is 0 Å². The number of nitrogens with zero attached hydrogens (tertiary/aromatic N) is 3. The average Bonchev–Trinajstić information content (AvgIpc) is 2.72. The molecule has 2 aromatic rings. The molecule has 3 heterocycles. The molecule has 1 aliphatic rings. The van der Waals surface area contributed by atoms with E-state index in [1.807, 2.05) is 6.92 Å². The van der Waals surface area contributed by atoms with Crippen LogP contribution in [0.4, 0.5) is 5.82 Å². The van der Waals surface area contributed by atoms with Gasteiger partial charge in [0.05, 0.1) is 5.39 Å². The summed E-state index contributed by atoms with van der Waals surface area (Å²) in [4.78, 5) is 8.39. The van der Waals surface area contributed by atoms with Gasteiger partial charge in [0, 0.05) is 18.3 Å². The van der Waals surface area contributed by atoms with Gasteiger partial charge in [-0.15, -0.1) is 0 Å². The Hall–Kier alpha value is -1.40. The highest BCUT2D eigenvalue weighted by atomic mass is 35.5. The topological polar surface area (TPSA) is 78.5 Å². The fourth-order valence-electron chi connectivity index (χ4n) is 2.31. The van der Waals surface area contributed by atoms with Crippen molar-refractivity contribution in [2.24, 2.45) is 0 Å². The number of anilines is 1. The molecule has 18 heavy (non-hydrogen) atoms. The third-order valence-corrected chi connectivity index (χ3v) is 3.37. The van der Waals surface area contributed by atoms with Crippen LogP contribution in [0.25, 0.3) is 11.0 Å². The van der Waals surface area contributed by atoms with E-state index in [-0.39, 0.29) is 5.28 Å². The van der Waals surface area contributed by atoms with Gasteiger partial charge in [0.25, 0.3) is 0 Å². The molecule has 96 valence electrons. The van der Waals surface area contributed by atoms with Crippen LogP contribution < -0.4 is 10.6 Å². The highest BCUT2D eigenvalue weighted by Gasteiger charge is 2.17. The molecule has 6 nitrogen and oxygen atoms in total. The lowest BCUT2D eigenvalue weighted by atomic mass is 10.1. The number of aryl methyl sites for hydroxylation is 1. The monoisotopic (exact) mass is 266 g/mol.